The second-order valence-corrected chi connectivity index (χ2v) is 7.61. The predicted octanol–water partition coefficient (Wildman–Crippen LogP) is 2.57. The van der Waals surface area contributed by atoms with E-state index in [2.05, 4.69) is 12.0 Å². The van der Waals surface area contributed by atoms with Gasteiger partial charge in [-0.05, 0) is 31.8 Å². The van der Waals surface area contributed by atoms with Crippen LogP contribution < -0.4 is 0 Å². The van der Waals surface area contributed by atoms with Crippen LogP contribution in [-0.2, 0) is 15.6 Å². The van der Waals surface area contributed by atoms with Crippen LogP contribution in [0.4, 0.5) is 0 Å². The van der Waals surface area contributed by atoms with Crippen molar-refractivity contribution in [2.45, 2.75) is 38.6 Å². The summed E-state index contributed by atoms with van der Waals surface area (Å²) in [5, 5.41) is 4.22. The smallest absolute Gasteiger partial charge is 0.264 e. The highest BCUT2D eigenvalue weighted by molar-refractivity contribution is 8.13. The number of nitrogens with zero attached hydrogens (tertiary/aromatic N) is 2. The topological polar surface area (TPSA) is 52.0 Å². The van der Waals surface area contributed by atoms with Gasteiger partial charge in [0.05, 0.1) is 11.4 Å². The van der Waals surface area contributed by atoms with Gasteiger partial charge in [-0.3, -0.25) is 4.68 Å². The standard InChI is InChI=1S/C10H17ClN2O2S2/c1-4-16-7-5-6-13-9(3)10(8(2)12-13)17(11,14)15/h4-7H2,1-3H3. The molecule has 17 heavy (non-hydrogen) atoms. The van der Waals surface area contributed by atoms with Crippen molar-refractivity contribution in [2.75, 3.05) is 11.5 Å². The summed E-state index contributed by atoms with van der Waals surface area (Å²) in [7, 11) is 1.69. The molecule has 4 nitrogen and oxygen atoms in total. The summed E-state index contributed by atoms with van der Waals surface area (Å²) in [6.45, 7) is 6.25. The average Bonchev–Trinajstić information content (AvgIpc) is 2.48. The van der Waals surface area contributed by atoms with Crippen molar-refractivity contribution in [3.05, 3.63) is 11.4 Å². The minimum Gasteiger partial charge on any atom is -0.268 e. The molecule has 98 valence electrons. The minimum atomic E-state index is -3.69. The van der Waals surface area contributed by atoms with E-state index in [4.69, 9.17) is 10.7 Å². The van der Waals surface area contributed by atoms with Gasteiger partial charge in [0, 0.05) is 17.2 Å². The van der Waals surface area contributed by atoms with Crippen molar-refractivity contribution in [2.24, 2.45) is 0 Å². The van der Waals surface area contributed by atoms with Crippen LogP contribution >= 0.6 is 22.4 Å². The lowest BCUT2D eigenvalue weighted by Gasteiger charge is -2.04. The number of thioether (sulfide) groups is 1. The summed E-state index contributed by atoms with van der Waals surface area (Å²) >= 11 is 1.86. The number of hydrogen-bond acceptors (Lipinski definition) is 4. The molecule has 0 aliphatic rings. The highest BCUT2D eigenvalue weighted by Crippen LogP contribution is 2.23. The van der Waals surface area contributed by atoms with Gasteiger partial charge in [-0.25, -0.2) is 8.42 Å². The third kappa shape index (κ3) is 3.89. The van der Waals surface area contributed by atoms with Gasteiger partial charge in [0.1, 0.15) is 4.90 Å². The van der Waals surface area contributed by atoms with Gasteiger partial charge in [0.15, 0.2) is 0 Å². The van der Waals surface area contributed by atoms with Crippen LogP contribution in [0.25, 0.3) is 0 Å². The van der Waals surface area contributed by atoms with Gasteiger partial charge in [-0.1, -0.05) is 6.92 Å². The molecule has 0 unspecified atom stereocenters. The maximum absolute atomic E-state index is 11.4. The van der Waals surface area contributed by atoms with E-state index in [0.29, 0.717) is 11.4 Å². The monoisotopic (exact) mass is 296 g/mol. The number of halogens is 1. The van der Waals surface area contributed by atoms with Gasteiger partial charge in [0.25, 0.3) is 9.05 Å². The second-order valence-electron chi connectivity index (χ2n) is 3.71. The minimum absolute atomic E-state index is 0.155. The average molecular weight is 297 g/mol. The lowest BCUT2D eigenvalue weighted by molar-refractivity contribution is 0.583. The molecule has 1 aromatic heterocycles. The van der Waals surface area contributed by atoms with Crippen LogP contribution in [0.3, 0.4) is 0 Å². The largest absolute Gasteiger partial charge is 0.268 e. The van der Waals surface area contributed by atoms with Crippen molar-refractivity contribution in [3.63, 3.8) is 0 Å². The van der Waals surface area contributed by atoms with Crippen LogP contribution in [0.1, 0.15) is 24.7 Å². The molecule has 0 saturated heterocycles. The Hall–Kier alpha value is -0.200. The zero-order valence-corrected chi connectivity index (χ0v) is 12.6. The Morgan fingerprint density at radius 2 is 2.06 bits per heavy atom. The van der Waals surface area contributed by atoms with E-state index in [9.17, 15) is 8.42 Å². The molecule has 1 aromatic rings. The van der Waals surface area contributed by atoms with E-state index in [0.717, 1.165) is 24.5 Å². The van der Waals surface area contributed by atoms with Gasteiger partial charge < -0.3 is 0 Å². The van der Waals surface area contributed by atoms with Crippen LogP contribution in [0.5, 0.6) is 0 Å². The van der Waals surface area contributed by atoms with E-state index in [1.165, 1.54) is 0 Å². The molecule has 0 saturated carbocycles. The molecule has 0 atom stereocenters. The molecule has 0 bridgehead atoms. The van der Waals surface area contributed by atoms with Crippen molar-refractivity contribution in [3.8, 4) is 0 Å². The Morgan fingerprint density at radius 1 is 1.41 bits per heavy atom. The maximum atomic E-state index is 11.4. The van der Waals surface area contributed by atoms with Crippen molar-refractivity contribution in [1.29, 1.82) is 0 Å². The summed E-state index contributed by atoms with van der Waals surface area (Å²) < 4.78 is 24.5. The first kappa shape index (κ1) is 14.9. The van der Waals surface area contributed by atoms with Crippen LogP contribution in [0.2, 0.25) is 0 Å². The molecular weight excluding hydrogens is 280 g/mol. The van der Waals surface area contributed by atoms with Crippen molar-refractivity contribution < 1.29 is 8.42 Å². The summed E-state index contributed by atoms with van der Waals surface area (Å²) in [6.07, 6.45) is 0.974. The second kappa shape index (κ2) is 6.11. The molecule has 1 heterocycles. The van der Waals surface area contributed by atoms with Crippen molar-refractivity contribution >= 4 is 31.5 Å². The van der Waals surface area contributed by atoms with Crippen LogP contribution in [0.15, 0.2) is 4.90 Å². The fraction of sp³-hybridized carbons (Fsp3) is 0.700. The zero-order valence-electron chi connectivity index (χ0n) is 10.2. The SMILES string of the molecule is CCSCCCn1nc(C)c(S(=O)(=O)Cl)c1C. The van der Waals surface area contributed by atoms with Gasteiger partial charge >= 0.3 is 0 Å². The molecule has 1 rings (SSSR count). The first-order valence-electron chi connectivity index (χ1n) is 5.44. The van der Waals surface area contributed by atoms with E-state index in [1.54, 1.807) is 18.5 Å². The Bertz CT molecular complexity index is 483. The first-order valence-corrected chi connectivity index (χ1v) is 8.90. The van der Waals surface area contributed by atoms with E-state index >= 15 is 0 Å². The summed E-state index contributed by atoms with van der Waals surface area (Å²) in [5.74, 6) is 2.15. The lowest BCUT2D eigenvalue weighted by Crippen LogP contribution is -2.04. The third-order valence-electron chi connectivity index (χ3n) is 2.42. The van der Waals surface area contributed by atoms with Gasteiger partial charge in [0.2, 0.25) is 0 Å². The van der Waals surface area contributed by atoms with E-state index in [1.807, 2.05) is 11.8 Å². The lowest BCUT2D eigenvalue weighted by atomic mass is 10.4. The molecular formula is C10H17ClN2O2S2. The maximum Gasteiger partial charge on any atom is 0.264 e. The van der Waals surface area contributed by atoms with Gasteiger partial charge in [-0.2, -0.15) is 16.9 Å². The number of aromatic nitrogens is 2. The third-order valence-corrected chi connectivity index (χ3v) is 4.95. The first-order chi connectivity index (χ1) is 7.88. The number of rotatable bonds is 6. The Balaban J connectivity index is 2.83. The highest BCUT2D eigenvalue weighted by atomic mass is 35.7. The fourth-order valence-corrected chi connectivity index (χ4v) is 3.86. The quantitative estimate of drug-likeness (QED) is 0.598. The Kier molecular flexibility index (Phi) is 5.34. The molecule has 0 aromatic carbocycles. The number of aryl methyl sites for hydroxylation is 2. The molecule has 0 fully saturated rings. The number of hydrogen-bond donors (Lipinski definition) is 0. The molecule has 0 amide bonds. The molecule has 0 aliphatic carbocycles. The van der Waals surface area contributed by atoms with Crippen LogP contribution in [-0.4, -0.2) is 29.7 Å². The summed E-state index contributed by atoms with van der Waals surface area (Å²) in [5.41, 5.74) is 1.10. The van der Waals surface area contributed by atoms with Gasteiger partial charge in [-0.15, -0.1) is 0 Å². The molecule has 7 heteroatoms. The molecule has 0 aliphatic heterocycles. The molecule has 0 spiro atoms. The summed E-state index contributed by atoms with van der Waals surface area (Å²) in [6, 6.07) is 0. The van der Waals surface area contributed by atoms with Crippen molar-refractivity contribution in [1.82, 2.24) is 9.78 Å². The molecule has 0 radical (unpaired) electrons. The van der Waals surface area contributed by atoms with Crippen LogP contribution in [0, 0.1) is 13.8 Å². The Morgan fingerprint density at radius 3 is 2.53 bits per heavy atom. The fourth-order valence-electron chi connectivity index (χ4n) is 1.71. The Labute approximate surface area is 111 Å². The molecule has 0 N–H and O–H groups in total. The summed E-state index contributed by atoms with van der Waals surface area (Å²) in [4.78, 5) is 0.155. The zero-order chi connectivity index (χ0) is 13.1. The normalized spacial score (nSPS) is 12.0. The van der Waals surface area contributed by atoms with E-state index < -0.39 is 9.05 Å². The highest BCUT2D eigenvalue weighted by Gasteiger charge is 2.21. The predicted molar refractivity (Wildman–Crippen MR) is 72.4 cm³/mol. The van der Waals surface area contributed by atoms with E-state index in [-0.39, 0.29) is 4.90 Å².